The molecule has 10 aromatic carbocycles. The fraction of sp³-hybridized carbons (Fsp3) is 0.195. The van der Waals surface area contributed by atoms with Gasteiger partial charge in [0.25, 0.3) is 6.33 Å². The second-order valence-electron chi connectivity index (χ2n) is 26.4. The maximum absolute atomic E-state index is 10.5. The molecule has 0 atom stereocenters. The summed E-state index contributed by atoms with van der Waals surface area (Å²) in [5, 5.41) is 1.99. The third-order valence-electron chi connectivity index (χ3n) is 16.1. The molecule has 0 aliphatic carbocycles. The van der Waals surface area contributed by atoms with Crippen molar-refractivity contribution in [3.8, 4) is 84.3 Å². The molecular weight excluding hydrogens is 1250 g/mol. The number of hydrogen-bond acceptors (Lipinski definition) is 2. The van der Waals surface area contributed by atoms with E-state index < -0.39 is 101 Å². The van der Waals surface area contributed by atoms with Crippen molar-refractivity contribution in [2.45, 2.75) is 105 Å². The van der Waals surface area contributed by atoms with Crippen LogP contribution in [0.1, 0.15) is 123 Å². The summed E-state index contributed by atoms with van der Waals surface area (Å²) in [6.45, 7) is 25.8. The Labute approximate surface area is 552 Å². The molecule has 0 aliphatic rings. The van der Waals surface area contributed by atoms with Crippen LogP contribution in [0.5, 0.6) is 11.5 Å². The molecule has 3 aromatic heterocycles. The van der Waals surface area contributed by atoms with Crippen molar-refractivity contribution in [3.63, 3.8) is 0 Å². The van der Waals surface area contributed by atoms with Crippen LogP contribution in [0, 0.1) is 18.5 Å². The van der Waals surface area contributed by atoms with Gasteiger partial charge in [0.2, 0.25) is 0 Å². The largest absolute Gasteiger partial charge is 0.510 e. The Kier molecular flexibility index (Phi) is 11.9. The van der Waals surface area contributed by atoms with E-state index in [9.17, 15) is 9.60 Å². The molecule has 0 saturated heterocycles. The topological polar surface area (TPSA) is 35.9 Å². The molecule has 0 fully saturated rings. The van der Waals surface area contributed by atoms with Crippen molar-refractivity contribution in [1.82, 2.24) is 14.1 Å². The third kappa shape index (κ3) is 11.6. The number of aromatic nitrogens is 4. The summed E-state index contributed by atoms with van der Waals surface area (Å²) >= 11 is 0. The van der Waals surface area contributed by atoms with E-state index in [0.717, 1.165) is 66.6 Å². The normalized spacial score (nSPS) is 14.3. The van der Waals surface area contributed by atoms with Gasteiger partial charge in [0, 0.05) is 44.3 Å². The van der Waals surface area contributed by atoms with Crippen molar-refractivity contribution in [2.75, 3.05) is 0 Å². The molecule has 0 amide bonds. The molecule has 6 heteroatoms. The maximum Gasteiger partial charge on any atom is 0.268 e. The van der Waals surface area contributed by atoms with Gasteiger partial charge in [0.1, 0.15) is 5.82 Å². The number of nitrogens with zero attached hydrogens (tertiary/aromatic N) is 4. The Balaban J connectivity index is 0.00000965. The molecule has 13 rings (SSSR count). The standard InChI is InChI=1S/C82H74N4O.Pt/c1-79(2,3)62-36-33-56(34-37-62)57-35-40-74-76(48-57)84(66-27-21-28-67(51-66)87-68-38-39-72-71-29-19-20-32-73(71)86(75(72)52-68)77-50-63(41-42-83-77)80(4,5)6)53-85(74)78-69(30-22-31-70(78)61-46-64(81(7,8)9)49-65(47-61)82(10,11)12)60-44-58(54-23-15-13-16-24-54)43-59(45-60)55-25-17-14-18-26-55;/h13-50H,1-12H3;/q-2;/i13D,14D,15D,16D,17D,18D,23D,24D,25D,26D,43D,44D,45D;. The summed E-state index contributed by atoms with van der Waals surface area (Å²) in [6.07, 6.45) is 5.58. The van der Waals surface area contributed by atoms with Gasteiger partial charge in [-0.2, -0.15) is 18.2 Å². The monoisotopic (exact) mass is 1340 g/mol. The summed E-state index contributed by atoms with van der Waals surface area (Å²) < 4.78 is 133. The number of para-hydroxylation sites is 2. The molecule has 0 unspecified atom stereocenters. The Hall–Kier alpha value is -8.89. The minimum Gasteiger partial charge on any atom is -0.510 e. The van der Waals surface area contributed by atoms with Crippen LogP contribution in [-0.4, -0.2) is 14.1 Å². The van der Waals surface area contributed by atoms with E-state index in [-0.39, 0.29) is 53.9 Å². The summed E-state index contributed by atoms with van der Waals surface area (Å²) in [6, 6.07) is 46.0. The summed E-state index contributed by atoms with van der Waals surface area (Å²) in [5.41, 5.74) is 8.01. The number of hydrogen-bond donors (Lipinski definition) is 0. The third-order valence-corrected chi connectivity index (χ3v) is 16.1. The van der Waals surface area contributed by atoms with Gasteiger partial charge >= 0.3 is 0 Å². The van der Waals surface area contributed by atoms with Crippen molar-refractivity contribution >= 4 is 32.8 Å². The molecular formula is C82H74N4OPt-2. The van der Waals surface area contributed by atoms with E-state index in [2.05, 4.69) is 173 Å². The second kappa shape index (κ2) is 23.0. The van der Waals surface area contributed by atoms with E-state index in [4.69, 9.17) is 17.9 Å². The molecule has 5 nitrogen and oxygen atoms in total. The van der Waals surface area contributed by atoms with Crippen LogP contribution in [0.3, 0.4) is 0 Å². The second-order valence-corrected chi connectivity index (χ2v) is 26.4. The fourth-order valence-corrected chi connectivity index (χ4v) is 11.2. The van der Waals surface area contributed by atoms with Crippen molar-refractivity contribution in [3.05, 3.63) is 271 Å². The van der Waals surface area contributed by atoms with Crippen LogP contribution in [-0.2, 0) is 42.7 Å². The fourth-order valence-electron chi connectivity index (χ4n) is 11.2. The average Bonchev–Trinajstić information content (AvgIpc) is 1.57. The Morgan fingerprint density at radius 3 is 1.66 bits per heavy atom. The number of imidazole rings is 1. The zero-order valence-corrected chi connectivity index (χ0v) is 53.7. The van der Waals surface area contributed by atoms with E-state index in [1.54, 1.807) is 12.1 Å². The van der Waals surface area contributed by atoms with Gasteiger partial charge in [-0.05, 0) is 153 Å². The van der Waals surface area contributed by atoms with E-state index >= 15 is 0 Å². The number of ether oxygens (including phenoxy) is 1. The van der Waals surface area contributed by atoms with Crippen LogP contribution in [0.2, 0.25) is 0 Å². The minimum absolute atomic E-state index is 0. The molecule has 0 radical (unpaired) electrons. The van der Waals surface area contributed by atoms with Gasteiger partial charge < -0.3 is 13.9 Å². The Bertz CT molecular complexity index is 5370. The van der Waals surface area contributed by atoms with Crippen molar-refractivity contribution < 1.29 is 48.2 Å². The molecule has 0 saturated carbocycles. The minimum atomic E-state index is -0.751. The molecule has 0 bridgehead atoms. The first-order chi connectivity index (χ1) is 47.0. The van der Waals surface area contributed by atoms with Gasteiger partial charge in [0.15, 0.2) is 0 Å². The maximum atomic E-state index is 10.5. The molecule has 13 aromatic rings. The summed E-state index contributed by atoms with van der Waals surface area (Å²) in [7, 11) is 0. The number of rotatable bonds is 10. The number of benzene rings is 10. The Morgan fingerprint density at radius 2 is 1.02 bits per heavy atom. The number of fused-ring (bicyclic) bond motifs is 4. The zero-order chi connectivity index (χ0) is 71.9. The molecule has 0 N–H and O–H groups in total. The first-order valence-corrected chi connectivity index (χ1v) is 29.4. The smallest absolute Gasteiger partial charge is 0.268 e. The van der Waals surface area contributed by atoms with E-state index in [0.29, 0.717) is 39.5 Å². The molecule has 0 aliphatic heterocycles. The first-order valence-electron chi connectivity index (χ1n) is 35.9. The Morgan fingerprint density at radius 1 is 0.443 bits per heavy atom. The van der Waals surface area contributed by atoms with Gasteiger partial charge in [-0.1, -0.05) is 240 Å². The van der Waals surface area contributed by atoms with Crippen LogP contribution in [0.4, 0.5) is 0 Å². The zero-order valence-electron chi connectivity index (χ0n) is 64.4. The first kappa shape index (κ1) is 45.4. The van der Waals surface area contributed by atoms with Crippen molar-refractivity contribution in [1.29, 1.82) is 0 Å². The molecule has 0 spiro atoms. The van der Waals surface area contributed by atoms with E-state index in [1.165, 1.54) is 0 Å². The van der Waals surface area contributed by atoms with Crippen LogP contribution in [0.15, 0.2) is 230 Å². The van der Waals surface area contributed by atoms with Crippen LogP contribution in [0.25, 0.3) is 106 Å². The van der Waals surface area contributed by atoms with Gasteiger partial charge in [-0.25, -0.2) is 4.98 Å². The predicted molar refractivity (Wildman–Crippen MR) is 362 cm³/mol. The average molecular weight is 1340 g/mol. The predicted octanol–water partition coefficient (Wildman–Crippen LogP) is 21.1. The SMILES string of the molecule is [2H]c1c([2H])c([2H])c(-c2c([2H])c(-c3cccc(-c4cc(C(C)(C)C)cc(C(C)(C)C)c4)c3-[n+]3[c-]n(-c4[c-]c(Oc5[c-]c6c(cc5)c5ccccc5n6-c5cc(C(C)(C)C)ccn5)ccc4)c4cc(-c5ccc(C(C)(C)C)cc5)ccc43)c([2H])c(-c3c([2H])c([2H])c([2H])c([2H])c3[2H])c2[2H])c([2H])c1[2H].[Pt]. The summed E-state index contributed by atoms with van der Waals surface area (Å²) in [4.78, 5) is 4.89. The molecule has 440 valence electrons. The van der Waals surface area contributed by atoms with Gasteiger partial charge in [-0.15, -0.1) is 29.7 Å². The molecule has 88 heavy (non-hydrogen) atoms. The summed E-state index contributed by atoms with van der Waals surface area (Å²) in [5.74, 6) is 1.51. The van der Waals surface area contributed by atoms with Gasteiger partial charge in [-0.3, -0.25) is 4.57 Å². The van der Waals surface area contributed by atoms with Crippen LogP contribution >= 0.6 is 0 Å². The van der Waals surface area contributed by atoms with E-state index in [1.807, 2.05) is 82.1 Å². The molecule has 3 heterocycles. The van der Waals surface area contributed by atoms with Gasteiger partial charge in [0.05, 0.1) is 34.5 Å². The number of pyridine rings is 1. The quantitative estimate of drug-likeness (QED) is 0.101. The van der Waals surface area contributed by atoms with Crippen molar-refractivity contribution in [2.24, 2.45) is 0 Å². The van der Waals surface area contributed by atoms with Crippen LogP contribution < -0.4 is 9.30 Å².